The van der Waals surface area contributed by atoms with Gasteiger partial charge in [-0.3, -0.25) is 9.97 Å². The van der Waals surface area contributed by atoms with Crippen LogP contribution in [0.1, 0.15) is 12.8 Å². The van der Waals surface area contributed by atoms with Gasteiger partial charge in [-0.1, -0.05) is 12.1 Å². The van der Waals surface area contributed by atoms with E-state index >= 15 is 0 Å². The van der Waals surface area contributed by atoms with Crippen molar-refractivity contribution in [2.75, 3.05) is 13.2 Å². The van der Waals surface area contributed by atoms with Crippen molar-refractivity contribution < 1.29 is 44.4 Å². The highest BCUT2D eigenvalue weighted by Crippen LogP contribution is 2.31. The lowest BCUT2D eigenvalue weighted by molar-refractivity contribution is -0.0500. The second-order valence-electron chi connectivity index (χ2n) is 10.7. The third-order valence-electron chi connectivity index (χ3n) is 6.83. The van der Waals surface area contributed by atoms with Crippen molar-refractivity contribution in [3.63, 3.8) is 0 Å². The molecule has 2 aromatic carbocycles. The number of alkyl halides is 3. The summed E-state index contributed by atoms with van der Waals surface area (Å²) in [5, 5.41) is 32.2. The zero-order valence-electron chi connectivity index (χ0n) is 27.1. The standard InChI is InChI=1S/C14H9F4N5O3S.C13H10FN5O.C4H8O/c1-23-21-13(20-22-23)12-5-2-8(7-19-12)10-4-3-9(6-11(10)15)26-27(24,25)14(16,17)18;1-19-17-13(16-18-19)12-5-2-8(7-15-12)10-4-3-9(20)6-11(10)14;1-2-4-5-3-1/h2-7H,1H3;2-7,20H,1H3;1-4H2. The first-order valence-electron chi connectivity index (χ1n) is 15.0. The van der Waals surface area contributed by atoms with Gasteiger partial charge in [0.1, 0.15) is 34.5 Å². The lowest BCUT2D eigenvalue weighted by atomic mass is 10.1. The molecule has 1 aliphatic rings. The summed E-state index contributed by atoms with van der Waals surface area (Å²) in [5.41, 5.74) is -3.42. The van der Waals surface area contributed by atoms with Crippen LogP contribution in [0.25, 0.3) is 45.3 Å². The molecule has 0 saturated carbocycles. The van der Waals surface area contributed by atoms with E-state index in [1.165, 1.54) is 59.1 Å². The van der Waals surface area contributed by atoms with Crippen molar-refractivity contribution >= 4 is 10.1 Å². The molecule has 52 heavy (non-hydrogen) atoms. The minimum atomic E-state index is -5.88. The van der Waals surface area contributed by atoms with Crippen LogP contribution in [0.3, 0.4) is 0 Å². The highest BCUT2D eigenvalue weighted by Gasteiger charge is 2.48. The lowest BCUT2D eigenvalue weighted by Gasteiger charge is -2.10. The summed E-state index contributed by atoms with van der Waals surface area (Å²) in [4.78, 5) is 10.8. The van der Waals surface area contributed by atoms with Crippen LogP contribution >= 0.6 is 0 Å². The number of halogens is 5. The van der Waals surface area contributed by atoms with Crippen LogP contribution in [-0.2, 0) is 29.0 Å². The normalized spacial score (nSPS) is 12.8. The van der Waals surface area contributed by atoms with Crippen LogP contribution < -0.4 is 4.18 Å². The number of aryl methyl sites for hydroxylation is 2. The Morgan fingerprint density at radius 2 is 1.25 bits per heavy atom. The number of hydrogen-bond acceptors (Lipinski definition) is 13. The van der Waals surface area contributed by atoms with Crippen LogP contribution in [0.15, 0.2) is 73.1 Å². The number of rotatable bonds is 6. The first kappa shape index (κ1) is 37.3. The Morgan fingerprint density at radius 3 is 1.62 bits per heavy atom. The van der Waals surface area contributed by atoms with E-state index in [9.17, 15) is 35.5 Å². The fourth-order valence-electron chi connectivity index (χ4n) is 4.35. The first-order chi connectivity index (χ1) is 24.7. The fraction of sp³-hybridized carbons (Fsp3) is 0.226. The van der Waals surface area contributed by atoms with Gasteiger partial charge in [-0.2, -0.15) is 31.2 Å². The quantitative estimate of drug-likeness (QED) is 0.138. The fourth-order valence-corrected chi connectivity index (χ4v) is 4.80. The lowest BCUT2D eigenvalue weighted by Crippen LogP contribution is -2.28. The topological polar surface area (TPSA) is 186 Å². The van der Waals surface area contributed by atoms with Gasteiger partial charge in [0.15, 0.2) is 0 Å². The van der Waals surface area contributed by atoms with Crippen LogP contribution in [0, 0.1) is 11.6 Å². The number of phenolic OH excluding ortho intramolecular Hbond substituents is 1. The summed E-state index contributed by atoms with van der Waals surface area (Å²) in [5.74, 6) is -1.74. The van der Waals surface area contributed by atoms with Gasteiger partial charge in [-0.15, -0.1) is 20.4 Å². The molecule has 1 N–H and O–H groups in total. The van der Waals surface area contributed by atoms with E-state index in [1.807, 2.05) is 0 Å². The monoisotopic (exact) mass is 746 g/mol. The number of aromatic hydroxyl groups is 1. The molecule has 1 saturated heterocycles. The Kier molecular flexibility index (Phi) is 11.4. The molecule has 1 fully saturated rings. The van der Waals surface area contributed by atoms with Gasteiger partial charge in [0.05, 0.1) is 14.1 Å². The highest BCUT2D eigenvalue weighted by molar-refractivity contribution is 7.88. The second kappa shape index (κ2) is 15.9. The molecule has 0 radical (unpaired) electrons. The smallest absolute Gasteiger partial charge is 0.508 e. The van der Waals surface area contributed by atoms with Gasteiger partial charge >= 0.3 is 15.6 Å². The third kappa shape index (κ3) is 9.42. The van der Waals surface area contributed by atoms with Crippen molar-refractivity contribution in [3.05, 3.63) is 84.7 Å². The molecule has 7 rings (SSSR count). The SMILES string of the molecule is C1CCOC1.Cn1nnc(-c2ccc(-c3ccc(O)cc3F)cn2)n1.Cn1nnc(-c2ccc(-c3ccc(OS(=O)(=O)C(F)(F)F)cc3F)cn2)n1. The van der Waals surface area contributed by atoms with Crippen molar-refractivity contribution in [1.82, 2.24) is 50.4 Å². The van der Waals surface area contributed by atoms with Crippen molar-refractivity contribution in [3.8, 4) is 56.8 Å². The Morgan fingerprint density at radius 1 is 0.750 bits per heavy atom. The predicted molar refractivity (Wildman–Crippen MR) is 172 cm³/mol. The van der Waals surface area contributed by atoms with E-state index in [2.05, 4.69) is 45.0 Å². The molecule has 272 valence electrons. The number of phenols is 1. The molecule has 0 unspecified atom stereocenters. The molecular weight excluding hydrogens is 719 g/mol. The maximum absolute atomic E-state index is 14.2. The number of tetrazole rings is 2. The number of ether oxygens (including phenoxy) is 1. The Hall–Kier alpha value is -5.96. The Balaban J connectivity index is 0.000000182. The third-order valence-corrected chi connectivity index (χ3v) is 7.81. The first-order valence-corrected chi connectivity index (χ1v) is 16.4. The van der Waals surface area contributed by atoms with Crippen LogP contribution in [0.5, 0.6) is 11.5 Å². The minimum absolute atomic E-state index is 0.0158. The predicted octanol–water partition coefficient (Wildman–Crippen LogP) is 4.89. The van der Waals surface area contributed by atoms with Gasteiger partial charge < -0.3 is 14.0 Å². The van der Waals surface area contributed by atoms with Crippen molar-refractivity contribution in [1.29, 1.82) is 0 Å². The van der Waals surface area contributed by atoms with Gasteiger partial charge in [-0.25, -0.2) is 8.78 Å². The average molecular weight is 747 g/mol. The van der Waals surface area contributed by atoms with Crippen LogP contribution in [0.4, 0.5) is 22.0 Å². The average Bonchev–Trinajstić information content (AvgIpc) is 3.90. The molecule has 0 aliphatic carbocycles. The molecule has 0 bridgehead atoms. The number of benzene rings is 2. The molecule has 6 aromatic rings. The number of nitrogens with zero attached hydrogens (tertiary/aromatic N) is 10. The largest absolute Gasteiger partial charge is 0.534 e. The number of aromatic nitrogens is 10. The summed E-state index contributed by atoms with van der Waals surface area (Å²) < 4.78 is 95.6. The van der Waals surface area contributed by atoms with E-state index < -0.39 is 33.0 Å². The molecule has 21 heteroatoms. The minimum Gasteiger partial charge on any atom is -0.508 e. The zero-order valence-corrected chi connectivity index (χ0v) is 27.9. The van der Waals surface area contributed by atoms with Crippen molar-refractivity contribution in [2.24, 2.45) is 14.1 Å². The van der Waals surface area contributed by atoms with Crippen LogP contribution in [0.2, 0.25) is 0 Å². The molecule has 0 atom stereocenters. The Labute approximate surface area is 291 Å². The molecule has 0 spiro atoms. The molecule has 5 heterocycles. The van der Waals surface area contributed by atoms with E-state index in [-0.39, 0.29) is 17.1 Å². The number of pyridine rings is 2. The van der Waals surface area contributed by atoms with Gasteiger partial charge in [0, 0.05) is 60.0 Å². The van der Waals surface area contributed by atoms with Crippen molar-refractivity contribution in [2.45, 2.75) is 18.3 Å². The second-order valence-corrected chi connectivity index (χ2v) is 12.2. The maximum atomic E-state index is 14.2. The summed E-state index contributed by atoms with van der Waals surface area (Å²) in [7, 11) is -2.64. The van der Waals surface area contributed by atoms with Gasteiger partial charge in [-0.05, 0) is 59.7 Å². The molecule has 4 aromatic heterocycles. The molecule has 15 nitrogen and oxygen atoms in total. The molecule has 0 amide bonds. The maximum Gasteiger partial charge on any atom is 0.534 e. The number of hydrogen-bond donors (Lipinski definition) is 1. The Bertz CT molecular complexity index is 2220. The summed E-state index contributed by atoms with van der Waals surface area (Å²) >= 11 is 0. The molecule has 1 aliphatic heterocycles. The summed E-state index contributed by atoms with van der Waals surface area (Å²) in [6, 6.07) is 12.9. The van der Waals surface area contributed by atoms with E-state index in [0.717, 1.165) is 31.4 Å². The van der Waals surface area contributed by atoms with E-state index in [1.54, 1.807) is 26.2 Å². The summed E-state index contributed by atoms with van der Waals surface area (Å²) in [6.07, 6.45) is 5.39. The van der Waals surface area contributed by atoms with E-state index in [4.69, 9.17) is 4.74 Å². The van der Waals surface area contributed by atoms with Gasteiger partial charge in [0.2, 0.25) is 11.6 Å². The van der Waals surface area contributed by atoms with Crippen LogP contribution in [-0.4, -0.2) is 82.6 Å². The summed E-state index contributed by atoms with van der Waals surface area (Å²) in [6.45, 7) is 2.00. The van der Waals surface area contributed by atoms with Gasteiger partial charge in [0.25, 0.3) is 0 Å². The highest BCUT2D eigenvalue weighted by atomic mass is 32.2. The zero-order chi connectivity index (χ0) is 37.5. The van der Waals surface area contributed by atoms with E-state index in [0.29, 0.717) is 40.0 Å². The molecular formula is C31H27F5N10O5S.